The van der Waals surface area contributed by atoms with Crippen molar-refractivity contribution in [3.63, 3.8) is 0 Å². The molecule has 3 aromatic carbocycles. The molecular weight excluding hydrogens is 587 g/mol. The molecule has 0 saturated carbocycles. The second-order valence-corrected chi connectivity index (χ2v) is 13.0. The van der Waals surface area contributed by atoms with Gasteiger partial charge in [0.25, 0.3) is 0 Å². The molecule has 1 atom stereocenters. The molecule has 0 aliphatic carbocycles. The number of unbranched alkanes of at least 4 members (excludes halogenated alkanes) is 2. The Morgan fingerprint density at radius 2 is 1.40 bits per heavy atom. The van der Waals surface area contributed by atoms with Gasteiger partial charge in [-0.15, -0.1) is 11.5 Å². The number of nitrogens with zero attached hydrogens (tertiary/aromatic N) is 4. The summed E-state index contributed by atoms with van der Waals surface area (Å²) in [5.74, 6) is 2.78. The summed E-state index contributed by atoms with van der Waals surface area (Å²) in [6, 6.07) is 31.0. The van der Waals surface area contributed by atoms with E-state index in [4.69, 9.17) is 15.7 Å². The molecule has 9 nitrogen and oxygen atoms in total. The van der Waals surface area contributed by atoms with Gasteiger partial charge in [-0.1, -0.05) is 116 Å². The van der Waals surface area contributed by atoms with Crippen LogP contribution in [0.25, 0.3) is 0 Å². The molecule has 1 aliphatic rings. The Morgan fingerprint density at radius 1 is 0.872 bits per heavy atom. The van der Waals surface area contributed by atoms with Crippen LogP contribution in [0.4, 0.5) is 0 Å². The molecule has 0 bridgehead atoms. The number of benzene rings is 3. The van der Waals surface area contributed by atoms with Crippen LogP contribution in [0.2, 0.25) is 6.32 Å². The molecule has 1 aliphatic heterocycles. The highest BCUT2D eigenvalue weighted by Crippen LogP contribution is 2.40. The number of carbonyl (C=O) groups excluding carboxylic acids is 1. The Balaban J connectivity index is 1.46. The van der Waals surface area contributed by atoms with Gasteiger partial charge in [0.2, 0.25) is 5.91 Å². The highest BCUT2D eigenvalue weighted by atomic mass is 16.7. The number of terminal acetylenes is 1. The van der Waals surface area contributed by atoms with Crippen LogP contribution in [0.15, 0.2) is 91.0 Å². The predicted molar refractivity (Wildman–Crippen MR) is 184 cm³/mol. The van der Waals surface area contributed by atoms with E-state index in [0.717, 1.165) is 48.7 Å². The molecule has 0 radical (unpaired) electrons. The van der Waals surface area contributed by atoms with E-state index in [9.17, 15) is 4.79 Å². The van der Waals surface area contributed by atoms with Gasteiger partial charge in [-0.2, -0.15) is 0 Å². The molecule has 244 valence electrons. The average molecular weight is 633 g/mol. The normalized spacial score (nSPS) is 16.0. The summed E-state index contributed by atoms with van der Waals surface area (Å²) >= 11 is 0. The van der Waals surface area contributed by atoms with E-state index >= 15 is 0 Å². The summed E-state index contributed by atoms with van der Waals surface area (Å²) in [6.07, 6.45) is 9.72. The van der Waals surface area contributed by atoms with Crippen LogP contribution in [-0.4, -0.2) is 51.0 Å². The molecule has 5 rings (SSSR count). The third-order valence-electron chi connectivity index (χ3n) is 9.30. The number of tetrazole rings is 1. The largest absolute Gasteiger partial charge is 0.457 e. The zero-order valence-corrected chi connectivity index (χ0v) is 27.9. The van der Waals surface area contributed by atoms with Gasteiger partial charge in [-0.3, -0.25) is 10.1 Å². The van der Waals surface area contributed by atoms with Gasteiger partial charge in [0.05, 0.1) is 29.3 Å². The lowest BCUT2D eigenvalue weighted by Gasteiger charge is -2.40. The molecule has 10 heteroatoms. The number of nitrogens with one attached hydrogen (secondary N) is 2. The molecule has 1 fully saturated rings. The van der Waals surface area contributed by atoms with Crippen LogP contribution >= 0.6 is 0 Å². The fourth-order valence-electron chi connectivity index (χ4n) is 6.18. The Labute approximate surface area is 279 Å². The Kier molecular flexibility index (Phi) is 10.9. The quantitative estimate of drug-likeness (QED) is 0.0751. The van der Waals surface area contributed by atoms with Crippen molar-refractivity contribution in [1.82, 2.24) is 30.8 Å². The number of carbonyl (C=O) groups is 1. The summed E-state index contributed by atoms with van der Waals surface area (Å²) in [6.45, 7) is 8.42. The molecule has 47 heavy (non-hydrogen) atoms. The first-order chi connectivity index (χ1) is 22.7. The van der Waals surface area contributed by atoms with Crippen molar-refractivity contribution in [2.24, 2.45) is 0 Å². The maximum absolute atomic E-state index is 12.7. The van der Waals surface area contributed by atoms with Gasteiger partial charge >= 0.3 is 7.12 Å². The molecule has 1 amide bonds. The fraction of sp³-hybridized carbons (Fsp3) is 0.405. The van der Waals surface area contributed by atoms with Gasteiger partial charge in [-0.25, -0.2) is 4.68 Å². The first-order valence-electron chi connectivity index (χ1n) is 16.4. The lowest BCUT2D eigenvalue weighted by atomic mass is 9.76. The van der Waals surface area contributed by atoms with Crippen LogP contribution in [0.5, 0.6) is 0 Å². The van der Waals surface area contributed by atoms with Gasteiger partial charge in [0.15, 0.2) is 5.82 Å². The van der Waals surface area contributed by atoms with E-state index in [0.29, 0.717) is 5.82 Å². The first kappa shape index (κ1) is 34.1. The van der Waals surface area contributed by atoms with Crippen molar-refractivity contribution in [1.29, 1.82) is 0 Å². The summed E-state index contributed by atoms with van der Waals surface area (Å²) in [5, 5.41) is 19.5. The molecular formula is C37H45BN6O3. The van der Waals surface area contributed by atoms with Crippen LogP contribution in [-0.2, 0) is 26.2 Å². The van der Waals surface area contributed by atoms with Gasteiger partial charge in [0.1, 0.15) is 6.54 Å². The average Bonchev–Trinajstić information content (AvgIpc) is 3.61. The minimum Gasteiger partial charge on any atom is -0.403 e. The maximum atomic E-state index is 12.7. The third kappa shape index (κ3) is 7.82. The van der Waals surface area contributed by atoms with Gasteiger partial charge in [-0.05, 0) is 67.6 Å². The lowest BCUT2D eigenvalue weighted by Crippen LogP contribution is -2.47. The monoisotopic (exact) mass is 632 g/mol. The van der Waals surface area contributed by atoms with Crippen molar-refractivity contribution in [2.75, 3.05) is 6.54 Å². The second-order valence-electron chi connectivity index (χ2n) is 13.0. The lowest BCUT2D eigenvalue weighted by molar-refractivity contribution is -0.121. The summed E-state index contributed by atoms with van der Waals surface area (Å²) in [7, 11) is -0.218. The van der Waals surface area contributed by atoms with Crippen LogP contribution in [0.3, 0.4) is 0 Å². The minimum atomic E-state index is -0.750. The highest BCUT2D eigenvalue weighted by molar-refractivity contribution is 6.45. The molecule has 1 unspecified atom stereocenters. The number of hydrogen-bond acceptors (Lipinski definition) is 7. The SMILES string of the molecule is C#CCNC(=O)Cn1nnnc1C(CCCCCB1OC(C)(C)C(C)(C)O1)NC(c1ccccc1)(c1ccccc1)c1ccccc1. The van der Waals surface area contributed by atoms with E-state index in [-0.39, 0.29) is 43.4 Å². The van der Waals surface area contributed by atoms with E-state index in [1.165, 1.54) is 0 Å². The molecule has 2 N–H and O–H groups in total. The number of aromatic nitrogens is 4. The van der Waals surface area contributed by atoms with Crippen molar-refractivity contribution >= 4 is 13.0 Å². The molecule has 0 spiro atoms. The zero-order valence-electron chi connectivity index (χ0n) is 27.9. The molecule has 2 heterocycles. The van der Waals surface area contributed by atoms with Crippen LogP contribution in [0, 0.1) is 12.3 Å². The smallest absolute Gasteiger partial charge is 0.403 e. The molecule has 1 aromatic heterocycles. The predicted octanol–water partition coefficient (Wildman–Crippen LogP) is 5.70. The first-order valence-corrected chi connectivity index (χ1v) is 16.4. The van der Waals surface area contributed by atoms with Crippen molar-refractivity contribution in [3.05, 3.63) is 114 Å². The zero-order chi connectivity index (χ0) is 33.3. The highest BCUT2D eigenvalue weighted by Gasteiger charge is 2.50. The maximum Gasteiger partial charge on any atom is 0.457 e. The van der Waals surface area contributed by atoms with Crippen molar-refractivity contribution < 1.29 is 14.1 Å². The Morgan fingerprint density at radius 3 is 1.91 bits per heavy atom. The molecule has 4 aromatic rings. The molecule has 1 saturated heterocycles. The van der Waals surface area contributed by atoms with Gasteiger partial charge in [0, 0.05) is 0 Å². The summed E-state index contributed by atoms with van der Waals surface area (Å²) in [5.41, 5.74) is 1.80. The van der Waals surface area contributed by atoms with E-state index in [2.05, 4.69) is 133 Å². The number of rotatable bonds is 15. The van der Waals surface area contributed by atoms with Crippen molar-refractivity contribution in [2.45, 2.75) is 89.0 Å². The number of amides is 1. The summed E-state index contributed by atoms with van der Waals surface area (Å²) in [4.78, 5) is 12.7. The van der Waals surface area contributed by atoms with Crippen molar-refractivity contribution in [3.8, 4) is 12.3 Å². The summed E-state index contributed by atoms with van der Waals surface area (Å²) < 4.78 is 14.0. The van der Waals surface area contributed by atoms with Crippen LogP contribution < -0.4 is 10.6 Å². The Hall–Kier alpha value is -4.30. The van der Waals surface area contributed by atoms with E-state index < -0.39 is 5.54 Å². The number of hydrogen-bond donors (Lipinski definition) is 2. The standard InChI is InChI=1S/C37H45BN6O3/c1-6-27-39-33(45)28-44-34(41-42-43-44)32(25-17-10-18-26-38-46-35(2,3)36(4,5)47-38)40-37(29-19-11-7-12-20-29,30-21-13-8-14-22-30)31-23-15-9-16-24-31/h1,7-9,11-16,19-24,32,40H,10,17-18,25-28H2,2-5H3,(H,39,45). The van der Waals surface area contributed by atoms with Gasteiger partial charge < -0.3 is 14.6 Å². The minimum absolute atomic E-state index is 0.0425. The van der Waals surface area contributed by atoms with E-state index in [1.54, 1.807) is 4.68 Å². The second kappa shape index (κ2) is 15.1. The topological polar surface area (TPSA) is 103 Å². The fourth-order valence-corrected chi connectivity index (χ4v) is 6.18. The van der Waals surface area contributed by atoms with Crippen LogP contribution in [0.1, 0.15) is 81.9 Å². The van der Waals surface area contributed by atoms with E-state index in [1.807, 2.05) is 18.2 Å². The third-order valence-corrected chi connectivity index (χ3v) is 9.30. The Bertz CT molecular complexity index is 1510.